The van der Waals surface area contributed by atoms with Crippen molar-refractivity contribution >= 4 is 0 Å². The Labute approximate surface area is 128 Å². The predicted molar refractivity (Wildman–Crippen MR) is 89.6 cm³/mol. The minimum atomic E-state index is 0.141. The Hall–Kier alpha value is -1.60. The fourth-order valence-corrected chi connectivity index (χ4v) is 3.77. The lowest BCUT2D eigenvalue weighted by molar-refractivity contribution is 0.475. The molecule has 1 aliphatic carbocycles. The van der Waals surface area contributed by atoms with Gasteiger partial charge in [-0.15, -0.1) is 0 Å². The fraction of sp³-hybridized carbons (Fsp3) is 0.400. The van der Waals surface area contributed by atoms with Gasteiger partial charge >= 0.3 is 0 Å². The Kier molecular flexibility index (Phi) is 4.12. The van der Waals surface area contributed by atoms with Crippen molar-refractivity contribution in [3.8, 4) is 0 Å². The molecule has 0 radical (unpaired) electrons. The van der Waals surface area contributed by atoms with Crippen LogP contribution in [0.25, 0.3) is 0 Å². The zero-order valence-corrected chi connectivity index (χ0v) is 13.1. The second-order valence-electron chi connectivity index (χ2n) is 6.49. The SMILES string of the molecule is Cc1ccc(C(N)CC2CCCc3ccccc32)c(C)c1. The molecular weight excluding hydrogens is 254 g/mol. The molecule has 0 heterocycles. The van der Waals surface area contributed by atoms with Crippen LogP contribution >= 0.6 is 0 Å². The van der Waals surface area contributed by atoms with Gasteiger partial charge in [0.25, 0.3) is 0 Å². The van der Waals surface area contributed by atoms with Gasteiger partial charge in [-0.2, -0.15) is 0 Å². The number of aryl methyl sites for hydroxylation is 3. The van der Waals surface area contributed by atoms with Crippen molar-refractivity contribution in [1.29, 1.82) is 0 Å². The normalized spacial score (nSPS) is 19.1. The molecule has 0 saturated heterocycles. The van der Waals surface area contributed by atoms with E-state index in [-0.39, 0.29) is 6.04 Å². The standard InChI is InChI=1S/C20H25N/c1-14-10-11-18(15(2)12-14)20(21)13-17-8-5-7-16-6-3-4-9-19(16)17/h3-4,6,9-12,17,20H,5,7-8,13,21H2,1-2H3. The van der Waals surface area contributed by atoms with Gasteiger partial charge in [-0.1, -0.05) is 48.0 Å². The van der Waals surface area contributed by atoms with Crippen LogP contribution < -0.4 is 5.73 Å². The Morgan fingerprint density at radius 3 is 2.76 bits per heavy atom. The molecule has 2 aromatic carbocycles. The molecule has 0 saturated carbocycles. The number of nitrogens with two attached hydrogens (primary N) is 1. The molecule has 3 rings (SSSR count). The third-order valence-corrected chi connectivity index (χ3v) is 4.86. The lowest BCUT2D eigenvalue weighted by atomic mass is 9.78. The number of fused-ring (bicyclic) bond motifs is 1. The Morgan fingerprint density at radius 1 is 1.14 bits per heavy atom. The smallest absolute Gasteiger partial charge is 0.0303 e. The summed E-state index contributed by atoms with van der Waals surface area (Å²) in [4.78, 5) is 0. The molecule has 1 nitrogen and oxygen atoms in total. The maximum Gasteiger partial charge on any atom is 0.0303 e. The van der Waals surface area contributed by atoms with Gasteiger partial charge in [-0.05, 0) is 67.7 Å². The molecule has 21 heavy (non-hydrogen) atoms. The summed E-state index contributed by atoms with van der Waals surface area (Å²) in [5.74, 6) is 0.616. The van der Waals surface area contributed by atoms with E-state index in [2.05, 4.69) is 56.3 Å². The van der Waals surface area contributed by atoms with Crippen LogP contribution in [0.2, 0.25) is 0 Å². The average molecular weight is 279 g/mol. The highest BCUT2D eigenvalue weighted by Crippen LogP contribution is 2.37. The first-order chi connectivity index (χ1) is 10.1. The van der Waals surface area contributed by atoms with E-state index in [4.69, 9.17) is 5.73 Å². The molecule has 0 fully saturated rings. The number of benzene rings is 2. The Morgan fingerprint density at radius 2 is 1.95 bits per heavy atom. The second kappa shape index (κ2) is 6.03. The summed E-state index contributed by atoms with van der Waals surface area (Å²) >= 11 is 0. The van der Waals surface area contributed by atoms with Gasteiger partial charge in [-0.3, -0.25) is 0 Å². The molecule has 1 aliphatic rings. The van der Waals surface area contributed by atoms with E-state index < -0.39 is 0 Å². The molecule has 2 atom stereocenters. The summed E-state index contributed by atoms with van der Waals surface area (Å²) in [6.45, 7) is 4.32. The zero-order chi connectivity index (χ0) is 14.8. The largest absolute Gasteiger partial charge is 0.324 e. The summed E-state index contributed by atoms with van der Waals surface area (Å²) in [7, 11) is 0. The maximum atomic E-state index is 6.53. The van der Waals surface area contributed by atoms with E-state index in [9.17, 15) is 0 Å². The van der Waals surface area contributed by atoms with Gasteiger partial charge in [0.15, 0.2) is 0 Å². The van der Waals surface area contributed by atoms with Gasteiger partial charge in [0.05, 0.1) is 0 Å². The van der Waals surface area contributed by atoms with Gasteiger partial charge < -0.3 is 5.73 Å². The lowest BCUT2D eigenvalue weighted by Crippen LogP contribution is -2.18. The molecule has 1 heteroatoms. The average Bonchev–Trinajstić information content (AvgIpc) is 2.47. The fourth-order valence-electron chi connectivity index (χ4n) is 3.77. The third-order valence-electron chi connectivity index (χ3n) is 4.86. The van der Waals surface area contributed by atoms with Crippen LogP contribution in [-0.4, -0.2) is 0 Å². The summed E-state index contributed by atoms with van der Waals surface area (Å²) in [5.41, 5.74) is 13.5. The lowest BCUT2D eigenvalue weighted by Gasteiger charge is -2.28. The van der Waals surface area contributed by atoms with Gasteiger partial charge in [-0.25, -0.2) is 0 Å². The molecule has 0 aliphatic heterocycles. The highest BCUT2D eigenvalue weighted by molar-refractivity contribution is 5.35. The summed E-state index contributed by atoms with van der Waals surface area (Å²) in [6, 6.07) is 15.7. The van der Waals surface area contributed by atoms with Crippen molar-refractivity contribution in [3.63, 3.8) is 0 Å². The highest BCUT2D eigenvalue weighted by Gasteiger charge is 2.23. The maximum absolute atomic E-state index is 6.53. The van der Waals surface area contributed by atoms with E-state index in [0.717, 1.165) is 6.42 Å². The van der Waals surface area contributed by atoms with E-state index in [0.29, 0.717) is 5.92 Å². The number of rotatable bonds is 3. The monoisotopic (exact) mass is 279 g/mol. The number of hydrogen-bond donors (Lipinski definition) is 1. The Bertz CT molecular complexity index is 629. The van der Waals surface area contributed by atoms with Crippen LogP contribution in [0.4, 0.5) is 0 Å². The van der Waals surface area contributed by atoms with Crippen molar-refractivity contribution in [2.75, 3.05) is 0 Å². The van der Waals surface area contributed by atoms with E-state index in [1.54, 1.807) is 0 Å². The molecular formula is C20H25N. The van der Waals surface area contributed by atoms with Gasteiger partial charge in [0.2, 0.25) is 0 Å². The van der Waals surface area contributed by atoms with Crippen LogP contribution in [0.5, 0.6) is 0 Å². The Balaban J connectivity index is 1.81. The highest BCUT2D eigenvalue weighted by atomic mass is 14.6. The van der Waals surface area contributed by atoms with Crippen LogP contribution in [0, 0.1) is 13.8 Å². The third kappa shape index (κ3) is 3.03. The molecule has 0 bridgehead atoms. The van der Waals surface area contributed by atoms with Gasteiger partial charge in [0.1, 0.15) is 0 Å². The molecule has 2 N–H and O–H groups in total. The first-order valence-electron chi connectivity index (χ1n) is 8.05. The van der Waals surface area contributed by atoms with Crippen molar-refractivity contribution in [1.82, 2.24) is 0 Å². The quantitative estimate of drug-likeness (QED) is 0.857. The first kappa shape index (κ1) is 14.3. The topological polar surface area (TPSA) is 26.0 Å². The molecule has 0 aromatic heterocycles. The van der Waals surface area contributed by atoms with E-state index in [1.807, 2.05) is 0 Å². The van der Waals surface area contributed by atoms with Crippen molar-refractivity contribution < 1.29 is 0 Å². The first-order valence-corrected chi connectivity index (χ1v) is 8.05. The second-order valence-corrected chi connectivity index (χ2v) is 6.49. The van der Waals surface area contributed by atoms with Gasteiger partial charge in [0, 0.05) is 6.04 Å². The summed E-state index contributed by atoms with van der Waals surface area (Å²) < 4.78 is 0. The van der Waals surface area contributed by atoms with Crippen LogP contribution in [0.15, 0.2) is 42.5 Å². The number of hydrogen-bond acceptors (Lipinski definition) is 1. The molecule has 110 valence electrons. The molecule has 2 unspecified atom stereocenters. The summed E-state index contributed by atoms with van der Waals surface area (Å²) in [5, 5.41) is 0. The van der Waals surface area contributed by atoms with Crippen molar-refractivity contribution in [3.05, 3.63) is 70.3 Å². The minimum absolute atomic E-state index is 0.141. The van der Waals surface area contributed by atoms with Crippen LogP contribution in [0.1, 0.15) is 59.0 Å². The zero-order valence-electron chi connectivity index (χ0n) is 13.1. The van der Waals surface area contributed by atoms with E-state index in [1.165, 1.54) is 47.1 Å². The van der Waals surface area contributed by atoms with Crippen LogP contribution in [-0.2, 0) is 6.42 Å². The molecule has 2 aromatic rings. The summed E-state index contributed by atoms with van der Waals surface area (Å²) in [6.07, 6.45) is 4.85. The van der Waals surface area contributed by atoms with Crippen molar-refractivity contribution in [2.24, 2.45) is 5.73 Å². The minimum Gasteiger partial charge on any atom is -0.324 e. The van der Waals surface area contributed by atoms with Crippen LogP contribution in [0.3, 0.4) is 0 Å². The molecule has 0 spiro atoms. The molecule has 0 amide bonds. The van der Waals surface area contributed by atoms with Crippen molar-refractivity contribution in [2.45, 2.75) is 51.5 Å². The predicted octanol–water partition coefficient (Wildman–Crippen LogP) is 4.81. The van der Waals surface area contributed by atoms with E-state index >= 15 is 0 Å².